The Kier molecular flexibility index (Phi) is 11.2. The number of hydrogen-bond donors (Lipinski definition) is 0. The van der Waals surface area contributed by atoms with E-state index in [1.807, 2.05) is 61.9 Å². The van der Waals surface area contributed by atoms with Gasteiger partial charge >= 0.3 is 5.97 Å². The Balaban J connectivity index is 1.08. The first-order chi connectivity index (χ1) is 25.4. The molecule has 9 heteroatoms. The number of pyridine rings is 1. The van der Waals surface area contributed by atoms with Crippen LogP contribution in [0.1, 0.15) is 92.4 Å². The molecular weight excluding hydrogens is 677 g/mol. The molecule has 0 N–H and O–H groups in total. The number of rotatable bonds is 11. The zero-order valence-electron chi connectivity index (χ0n) is 32.7. The molecule has 0 bridgehead atoms. The van der Waals surface area contributed by atoms with Gasteiger partial charge in [-0.1, -0.05) is 50.3 Å². The van der Waals surface area contributed by atoms with Crippen molar-refractivity contribution < 1.29 is 19.0 Å². The Labute approximate surface area is 317 Å². The zero-order chi connectivity index (χ0) is 37.2. The van der Waals surface area contributed by atoms with Crippen molar-refractivity contribution in [2.75, 3.05) is 37.7 Å². The number of esters is 1. The quantitative estimate of drug-likeness (QED) is 0.0658. The van der Waals surface area contributed by atoms with Crippen molar-refractivity contribution in [3.05, 3.63) is 89.3 Å². The summed E-state index contributed by atoms with van der Waals surface area (Å²) in [7, 11) is -1.16. The van der Waals surface area contributed by atoms with Gasteiger partial charge in [0.05, 0.1) is 6.20 Å². The Morgan fingerprint density at radius 3 is 2.55 bits per heavy atom. The lowest BCUT2D eigenvalue weighted by molar-refractivity contribution is 0.00671. The average Bonchev–Trinajstić information content (AvgIpc) is 3.74. The van der Waals surface area contributed by atoms with E-state index in [0.717, 1.165) is 55.6 Å². The van der Waals surface area contributed by atoms with E-state index >= 15 is 0 Å². The molecule has 3 aliphatic rings. The number of fused-ring (bicyclic) bond motifs is 2. The summed E-state index contributed by atoms with van der Waals surface area (Å²) >= 11 is 0. The normalized spacial score (nSPS) is 18.5. The van der Waals surface area contributed by atoms with E-state index in [1.54, 1.807) is 22.9 Å². The maximum absolute atomic E-state index is 13.5. The van der Waals surface area contributed by atoms with Crippen molar-refractivity contribution in [3.8, 4) is 11.5 Å². The topological polar surface area (TPSA) is 69.1 Å². The minimum absolute atomic E-state index is 0.402. The van der Waals surface area contributed by atoms with Gasteiger partial charge in [-0.15, -0.1) is 0 Å². The lowest BCUT2D eigenvalue weighted by atomic mass is 9.89. The van der Waals surface area contributed by atoms with Crippen LogP contribution < -0.4 is 9.64 Å². The molecule has 1 atom stereocenters. The summed E-state index contributed by atoms with van der Waals surface area (Å²) in [5, 5.41) is 0.953. The van der Waals surface area contributed by atoms with E-state index in [4.69, 9.17) is 19.2 Å². The van der Waals surface area contributed by atoms with Gasteiger partial charge in [-0.25, -0.2) is 9.78 Å². The van der Waals surface area contributed by atoms with Crippen LogP contribution in [-0.2, 0) is 22.6 Å². The molecule has 2 aliphatic carbocycles. The van der Waals surface area contributed by atoms with E-state index in [-0.39, 0.29) is 0 Å². The number of piperazine rings is 1. The van der Waals surface area contributed by atoms with Crippen LogP contribution in [0.2, 0.25) is 25.7 Å². The molecule has 1 fully saturated rings. The summed E-state index contributed by atoms with van der Waals surface area (Å²) in [6, 6.07) is 18.5. The minimum Gasteiger partial charge on any atom is -0.456 e. The number of carbonyl (C=O) groups is 1. The third-order valence-electron chi connectivity index (χ3n) is 10.8. The fourth-order valence-corrected chi connectivity index (χ4v) is 8.81. The number of ether oxygens (including phenoxy) is 3. The summed E-state index contributed by atoms with van der Waals surface area (Å²) < 4.78 is 20.3. The van der Waals surface area contributed by atoms with Gasteiger partial charge in [0.15, 0.2) is 0 Å². The van der Waals surface area contributed by atoms with Gasteiger partial charge in [0.1, 0.15) is 35.0 Å². The van der Waals surface area contributed by atoms with Crippen molar-refractivity contribution >= 4 is 36.3 Å². The smallest absolute Gasteiger partial charge is 0.342 e. The zero-order valence-corrected chi connectivity index (χ0v) is 33.7. The Morgan fingerprint density at radius 2 is 1.79 bits per heavy atom. The second-order valence-corrected chi connectivity index (χ2v) is 22.9. The molecule has 1 aliphatic heterocycles. The predicted molar refractivity (Wildman–Crippen MR) is 218 cm³/mol. The Hall–Kier alpha value is -3.92. The van der Waals surface area contributed by atoms with E-state index in [0.29, 0.717) is 29.8 Å². The summed E-state index contributed by atoms with van der Waals surface area (Å²) in [5.41, 5.74) is 7.87. The van der Waals surface area contributed by atoms with Gasteiger partial charge in [0.2, 0.25) is 0 Å². The van der Waals surface area contributed by atoms with Crippen LogP contribution in [0.15, 0.2) is 67.0 Å². The van der Waals surface area contributed by atoms with Crippen LogP contribution in [0.3, 0.4) is 0 Å². The number of carbonyl (C=O) groups excluding carboxylic acids is 1. The maximum atomic E-state index is 13.5. The van der Waals surface area contributed by atoms with Crippen LogP contribution in [0, 0.1) is 0 Å². The second kappa shape index (κ2) is 15.8. The van der Waals surface area contributed by atoms with E-state index in [2.05, 4.69) is 53.7 Å². The number of allylic oxidation sites excluding steroid dienone is 2. The van der Waals surface area contributed by atoms with Gasteiger partial charge in [0, 0.05) is 70.2 Å². The molecule has 2 aromatic carbocycles. The van der Waals surface area contributed by atoms with Gasteiger partial charge in [-0.05, 0) is 112 Å². The Morgan fingerprint density at radius 1 is 0.962 bits per heavy atom. The molecule has 7 rings (SSSR count). The van der Waals surface area contributed by atoms with Gasteiger partial charge < -0.3 is 23.7 Å². The van der Waals surface area contributed by atoms with Crippen LogP contribution >= 0.6 is 0 Å². The molecule has 0 spiro atoms. The maximum Gasteiger partial charge on any atom is 0.342 e. The highest BCUT2D eigenvalue weighted by Crippen LogP contribution is 2.40. The highest BCUT2D eigenvalue weighted by Gasteiger charge is 2.30. The molecule has 0 saturated carbocycles. The van der Waals surface area contributed by atoms with Gasteiger partial charge in [-0.3, -0.25) is 4.90 Å². The third-order valence-corrected chi connectivity index (χ3v) is 12.6. The van der Waals surface area contributed by atoms with Crippen molar-refractivity contribution in [2.45, 2.75) is 110 Å². The monoisotopic (exact) mass is 734 g/mol. The SMILES string of the molecule is CC(C)(C)OC(=O)c1ccc(N2CCN(C3CCCCc4c(C5=CCCC5)cccc43)CC2)cc1Oc1cnc2c(ccn2COCC[Si](C)(C)C)c1. The highest BCUT2D eigenvalue weighted by atomic mass is 28.3. The minimum atomic E-state index is -1.16. The summed E-state index contributed by atoms with van der Waals surface area (Å²) in [4.78, 5) is 23.3. The van der Waals surface area contributed by atoms with Gasteiger partial charge in [-0.2, -0.15) is 0 Å². The first-order valence-electron chi connectivity index (χ1n) is 19.8. The number of anilines is 1. The molecule has 1 unspecified atom stereocenters. The Bertz CT molecular complexity index is 1950. The van der Waals surface area contributed by atoms with Crippen molar-refractivity contribution in [1.29, 1.82) is 0 Å². The number of nitrogens with zero attached hydrogens (tertiary/aromatic N) is 4. The summed E-state index contributed by atoms with van der Waals surface area (Å²) in [5.74, 6) is 0.640. The molecule has 53 heavy (non-hydrogen) atoms. The van der Waals surface area contributed by atoms with Crippen molar-refractivity contribution in [2.24, 2.45) is 0 Å². The van der Waals surface area contributed by atoms with Crippen LogP contribution in [0.4, 0.5) is 5.69 Å². The largest absolute Gasteiger partial charge is 0.456 e. The van der Waals surface area contributed by atoms with Crippen molar-refractivity contribution in [1.82, 2.24) is 14.5 Å². The number of hydrogen-bond acceptors (Lipinski definition) is 7. The standard InChI is InChI=1S/C44H58N4O4Si/c1-44(2,3)52-43(49)39-19-18-34(29-41(39)51-35-28-33-20-21-48(42(33)45-30-35)31-50-26-27-53(4,5)6)46-22-24-47(25-23-46)40-17-10-9-14-37-36(15-11-16-38(37)40)32-12-7-8-13-32/h11-12,15-16,18-21,28-30,40H,7-10,13-14,17,22-27,31H2,1-6H3. The molecule has 1 saturated heterocycles. The molecule has 0 radical (unpaired) electrons. The molecular formula is C44H58N4O4Si. The van der Waals surface area contributed by atoms with Crippen molar-refractivity contribution in [3.63, 3.8) is 0 Å². The lowest BCUT2D eigenvalue weighted by Crippen LogP contribution is -2.47. The van der Waals surface area contributed by atoms with Crippen LogP contribution in [-0.4, -0.2) is 66.9 Å². The highest BCUT2D eigenvalue weighted by molar-refractivity contribution is 6.76. The molecule has 3 heterocycles. The number of aromatic nitrogens is 2. The molecule has 282 valence electrons. The average molecular weight is 735 g/mol. The molecule has 2 aromatic heterocycles. The van der Waals surface area contributed by atoms with E-state index in [1.165, 1.54) is 50.5 Å². The summed E-state index contributed by atoms with van der Waals surface area (Å²) in [6.45, 7) is 17.7. The molecule has 8 nitrogen and oxygen atoms in total. The van der Waals surface area contributed by atoms with Crippen LogP contribution in [0.25, 0.3) is 16.6 Å². The predicted octanol–water partition coefficient (Wildman–Crippen LogP) is 10.3. The third kappa shape index (κ3) is 9.07. The first kappa shape index (κ1) is 37.4. The van der Waals surface area contributed by atoms with Crippen LogP contribution in [0.5, 0.6) is 11.5 Å². The molecule has 0 amide bonds. The second-order valence-electron chi connectivity index (χ2n) is 17.3. The number of benzene rings is 2. The van der Waals surface area contributed by atoms with E-state index in [9.17, 15) is 4.79 Å². The summed E-state index contributed by atoms with van der Waals surface area (Å²) in [6.07, 6.45) is 14.8. The fourth-order valence-electron chi connectivity index (χ4n) is 8.06. The fraction of sp³-hybridized carbons (Fsp3) is 0.500. The first-order valence-corrected chi connectivity index (χ1v) is 23.5. The lowest BCUT2D eigenvalue weighted by Gasteiger charge is -2.41. The molecule has 4 aromatic rings. The van der Waals surface area contributed by atoms with Gasteiger partial charge in [0.25, 0.3) is 0 Å². The van der Waals surface area contributed by atoms with E-state index < -0.39 is 19.6 Å².